The summed E-state index contributed by atoms with van der Waals surface area (Å²) >= 11 is 0. The van der Waals surface area contributed by atoms with Gasteiger partial charge < -0.3 is 25.2 Å². The van der Waals surface area contributed by atoms with E-state index >= 15 is 0 Å². The average molecular weight is 440 g/mol. The number of nitrogens with one attached hydrogen (secondary N) is 1. The molecule has 0 bridgehead atoms. The van der Waals surface area contributed by atoms with Gasteiger partial charge in [0.05, 0.1) is 23.9 Å². The highest BCUT2D eigenvalue weighted by Crippen LogP contribution is 2.32. The molecule has 8 nitrogen and oxygen atoms in total. The fourth-order valence-electron chi connectivity index (χ4n) is 4.22. The number of methoxy groups -OCH3 is 1. The molecule has 3 N–H and O–H groups in total. The molecule has 1 fully saturated rings. The van der Waals surface area contributed by atoms with Gasteiger partial charge in [-0.1, -0.05) is 11.2 Å². The van der Waals surface area contributed by atoms with Crippen molar-refractivity contribution >= 4 is 22.8 Å². The lowest BCUT2D eigenvalue weighted by Crippen LogP contribution is -2.39. The van der Waals surface area contributed by atoms with Crippen molar-refractivity contribution in [1.29, 1.82) is 0 Å². The number of aromatic nitrogens is 1. The summed E-state index contributed by atoms with van der Waals surface area (Å²) in [6, 6.07) is 9.29. The minimum atomic E-state index is -0.710. The summed E-state index contributed by atoms with van der Waals surface area (Å²) in [5.41, 5.74) is 7.06. The van der Waals surface area contributed by atoms with Crippen molar-refractivity contribution in [2.24, 2.45) is 5.73 Å². The van der Waals surface area contributed by atoms with Crippen LogP contribution in [0.3, 0.4) is 0 Å². The van der Waals surface area contributed by atoms with Gasteiger partial charge >= 0.3 is 0 Å². The monoisotopic (exact) mass is 440 g/mol. The van der Waals surface area contributed by atoms with Crippen LogP contribution in [0.1, 0.15) is 45.2 Å². The van der Waals surface area contributed by atoms with Gasteiger partial charge in [0.25, 0.3) is 11.8 Å². The first-order valence-corrected chi connectivity index (χ1v) is 10.5. The molecule has 1 aromatic heterocycles. The molecule has 0 unspecified atom stereocenters. The number of primary amides is 1. The molecule has 1 aliphatic rings. The van der Waals surface area contributed by atoms with Crippen LogP contribution in [0, 0.1) is 5.82 Å². The summed E-state index contributed by atoms with van der Waals surface area (Å²) in [6.07, 6.45) is 1.79. The van der Waals surface area contributed by atoms with E-state index in [0.717, 1.165) is 37.0 Å². The number of carbonyl (C=O) groups excluding carboxylic acids is 2. The molecule has 2 aromatic carbocycles. The van der Waals surface area contributed by atoms with E-state index in [1.165, 1.54) is 19.2 Å². The zero-order valence-corrected chi connectivity index (χ0v) is 17.8. The molecule has 0 aliphatic carbocycles. The van der Waals surface area contributed by atoms with Crippen LogP contribution >= 0.6 is 0 Å². The molecule has 1 aliphatic heterocycles. The lowest BCUT2D eigenvalue weighted by Gasteiger charge is -2.31. The van der Waals surface area contributed by atoms with Crippen LogP contribution < -0.4 is 15.8 Å². The van der Waals surface area contributed by atoms with Gasteiger partial charge in [-0.3, -0.25) is 9.59 Å². The Labute approximate surface area is 184 Å². The van der Waals surface area contributed by atoms with E-state index in [1.54, 1.807) is 24.3 Å². The Hall–Kier alpha value is -3.46. The Balaban J connectivity index is 1.30. The Bertz CT molecular complexity index is 1140. The molecule has 2 heterocycles. The van der Waals surface area contributed by atoms with Gasteiger partial charge in [0.15, 0.2) is 5.58 Å². The van der Waals surface area contributed by atoms with Gasteiger partial charge in [-0.25, -0.2) is 4.39 Å². The van der Waals surface area contributed by atoms with Crippen LogP contribution in [0.25, 0.3) is 11.0 Å². The molecule has 1 saturated heterocycles. The Morgan fingerprint density at radius 2 is 2.06 bits per heavy atom. The second-order valence-corrected chi connectivity index (χ2v) is 7.83. The fourth-order valence-corrected chi connectivity index (χ4v) is 4.22. The molecular weight excluding hydrogens is 415 g/mol. The van der Waals surface area contributed by atoms with Crippen LogP contribution in [0.4, 0.5) is 4.39 Å². The van der Waals surface area contributed by atoms with Crippen molar-refractivity contribution in [2.75, 3.05) is 33.3 Å². The van der Waals surface area contributed by atoms with Crippen LogP contribution in [0.15, 0.2) is 40.9 Å². The predicted octanol–water partition coefficient (Wildman–Crippen LogP) is 2.68. The zero-order chi connectivity index (χ0) is 22.7. The number of likely N-dealkylation sites (tertiary alicyclic amines) is 1. The van der Waals surface area contributed by atoms with E-state index in [9.17, 15) is 14.0 Å². The lowest BCUT2D eigenvalue weighted by molar-refractivity contribution is 0.0928. The highest BCUT2D eigenvalue weighted by Gasteiger charge is 2.25. The number of benzene rings is 2. The number of ether oxygens (including phenoxy) is 1. The molecule has 0 saturated carbocycles. The second kappa shape index (κ2) is 9.35. The third kappa shape index (κ3) is 4.43. The summed E-state index contributed by atoms with van der Waals surface area (Å²) in [7, 11) is 1.42. The first-order valence-electron chi connectivity index (χ1n) is 10.5. The quantitative estimate of drug-likeness (QED) is 0.584. The number of hydrogen-bond acceptors (Lipinski definition) is 6. The topological polar surface area (TPSA) is 111 Å². The standard InChI is InChI=1S/C23H25FN4O4/c1-31-18-4-2-3-17(20(18)22(25)29)23(30)26-9-12-28-10-7-14(8-11-28)21-16-6-5-15(24)13-19(16)32-27-21/h2-6,13-14H,7-12H2,1H3,(H2,25,29)(H,26,30). The Morgan fingerprint density at radius 3 is 2.78 bits per heavy atom. The third-order valence-electron chi connectivity index (χ3n) is 5.89. The molecule has 0 atom stereocenters. The van der Waals surface area contributed by atoms with Gasteiger partial charge in [0.2, 0.25) is 0 Å². The van der Waals surface area contributed by atoms with Crippen LogP contribution in [0.5, 0.6) is 5.75 Å². The Morgan fingerprint density at radius 1 is 1.28 bits per heavy atom. The van der Waals surface area contributed by atoms with Crippen molar-refractivity contribution < 1.29 is 23.2 Å². The minimum absolute atomic E-state index is 0.0769. The molecule has 32 heavy (non-hydrogen) atoms. The SMILES string of the molecule is COc1cccc(C(=O)NCCN2CCC(c3noc4cc(F)ccc34)CC2)c1C(N)=O. The zero-order valence-electron chi connectivity index (χ0n) is 17.8. The molecule has 0 radical (unpaired) electrons. The van der Waals surface area contributed by atoms with Gasteiger partial charge in [-0.05, 0) is 50.2 Å². The van der Waals surface area contributed by atoms with Gasteiger partial charge in [0.1, 0.15) is 11.6 Å². The number of halogens is 1. The van der Waals surface area contributed by atoms with E-state index in [2.05, 4.69) is 15.4 Å². The normalized spacial score (nSPS) is 15.1. The number of piperidine rings is 1. The molecular formula is C23H25FN4O4. The fraction of sp³-hybridized carbons (Fsp3) is 0.348. The van der Waals surface area contributed by atoms with Crippen molar-refractivity contribution in [2.45, 2.75) is 18.8 Å². The molecule has 2 amide bonds. The van der Waals surface area contributed by atoms with E-state index < -0.39 is 5.91 Å². The summed E-state index contributed by atoms with van der Waals surface area (Å²) in [5.74, 6) is -0.890. The van der Waals surface area contributed by atoms with E-state index in [0.29, 0.717) is 18.7 Å². The summed E-state index contributed by atoms with van der Waals surface area (Å²) in [5, 5.41) is 7.89. The van der Waals surface area contributed by atoms with Crippen molar-refractivity contribution in [3.8, 4) is 5.75 Å². The third-order valence-corrected chi connectivity index (χ3v) is 5.89. The smallest absolute Gasteiger partial charge is 0.253 e. The highest BCUT2D eigenvalue weighted by atomic mass is 19.1. The number of rotatable bonds is 7. The number of fused-ring (bicyclic) bond motifs is 1. The first-order chi connectivity index (χ1) is 15.5. The van der Waals surface area contributed by atoms with Crippen LogP contribution in [-0.4, -0.2) is 55.2 Å². The lowest BCUT2D eigenvalue weighted by atomic mass is 9.91. The molecule has 168 valence electrons. The van der Waals surface area contributed by atoms with Gasteiger partial charge in [0, 0.05) is 30.5 Å². The summed E-state index contributed by atoms with van der Waals surface area (Å²) in [4.78, 5) is 26.6. The van der Waals surface area contributed by atoms with Crippen LogP contribution in [-0.2, 0) is 0 Å². The summed E-state index contributed by atoms with van der Waals surface area (Å²) < 4.78 is 23.8. The molecule has 4 rings (SSSR count). The number of hydrogen-bond donors (Lipinski definition) is 2. The maximum absolute atomic E-state index is 13.4. The second-order valence-electron chi connectivity index (χ2n) is 7.83. The molecule has 3 aromatic rings. The first kappa shape index (κ1) is 21.8. The number of carbonyl (C=O) groups is 2. The maximum Gasteiger partial charge on any atom is 0.253 e. The maximum atomic E-state index is 13.4. The van der Waals surface area contributed by atoms with E-state index in [-0.39, 0.29) is 34.5 Å². The summed E-state index contributed by atoms with van der Waals surface area (Å²) in [6.45, 7) is 2.81. The largest absolute Gasteiger partial charge is 0.496 e. The van der Waals surface area contributed by atoms with Crippen molar-refractivity contribution in [3.63, 3.8) is 0 Å². The van der Waals surface area contributed by atoms with Gasteiger partial charge in [-0.2, -0.15) is 0 Å². The van der Waals surface area contributed by atoms with Crippen molar-refractivity contribution in [1.82, 2.24) is 15.4 Å². The van der Waals surface area contributed by atoms with Crippen LogP contribution in [0.2, 0.25) is 0 Å². The number of nitrogens with zero attached hydrogens (tertiary/aromatic N) is 2. The minimum Gasteiger partial charge on any atom is -0.496 e. The number of nitrogens with two attached hydrogens (primary N) is 1. The molecule has 9 heteroatoms. The predicted molar refractivity (Wildman–Crippen MR) is 116 cm³/mol. The highest BCUT2D eigenvalue weighted by molar-refractivity contribution is 6.08. The van der Waals surface area contributed by atoms with Crippen molar-refractivity contribution in [3.05, 3.63) is 59.0 Å². The number of amides is 2. The Kier molecular flexibility index (Phi) is 6.36. The molecule has 0 spiro atoms. The van der Waals surface area contributed by atoms with E-state index in [4.69, 9.17) is 15.0 Å². The van der Waals surface area contributed by atoms with E-state index in [1.807, 2.05) is 0 Å². The van der Waals surface area contributed by atoms with Gasteiger partial charge in [-0.15, -0.1) is 0 Å². The average Bonchev–Trinajstić information content (AvgIpc) is 3.21.